The van der Waals surface area contributed by atoms with Crippen molar-refractivity contribution in [3.8, 4) is 0 Å². The third-order valence-corrected chi connectivity index (χ3v) is 5.49. The predicted octanol–water partition coefficient (Wildman–Crippen LogP) is 3.63. The number of carbonyl (C=O) groups excluding carboxylic acids is 1. The fourth-order valence-corrected chi connectivity index (χ4v) is 3.39. The Morgan fingerprint density at radius 2 is 2.00 bits per heavy atom. The third kappa shape index (κ3) is 3.59. The van der Waals surface area contributed by atoms with Gasteiger partial charge in [0.15, 0.2) is 11.6 Å². The number of hydrogen-bond donors (Lipinski definition) is 1. The maximum Gasteiger partial charge on any atom is 0.166 e. The number of aromatic nitrogens is 2. The number of rotatable bonds is 7. The minimum atomic E-state index is -0.529. The number of Topliss-reactive ketones (excluding diaryl/α,β-unsaturated/α-hetero) is 1. The standard InChI is InChI=1S/C17H24N4OS/c1-5-17(4,6-2)14-9-10-15(20-19-14)21(18)16(12(3)22)13-8-7-11-23-13/h7-11,16H,5-6,18H2,1-4H3. The average Bonchev–Trinajstić information content (AvgIpc) is 3.08. The van der Waals surface area contributed by atoms with Gasteiger partial charge in [-0.05, 0) is 43.3 Å². The summed E-state index contributed by atoms with van der Waals surface area (Å²) in [5.41, 5.74) is 0.966. The highest BCUT2D eigenvalue weighted by molar-refractivity contribution is 7.10. The van der Waals surface area contributed by atoms with Crippen molar-refractivity contribution in [3.63, 3.8) is 0 Å². The van der Waals surface area contributed by atoms with Crippen molar-refractivity contribution in [1.29, 1.82) is 0 Å². The Morgan fingerprint density at radius 3 is 2.43 bits per heavy atom. The first-order valence-corrected chi connectivity index (χ1v) is 8.73. The third-order valence-electron chi connectivity index (χ3n) is 4.57. The van der Waals surface area contributed by atoms with Crippen LogP contribution < -0.4 is 10.9 Å². The van der Waals surface area contributed by atoms with Crippen molar-refractivity contribution >= 4 is 22.9 Å². The van der Waals surface area contributed by atoms with Crippen LogP contribution in [0.25, 0.3) is 0 Å². The summed E-state index contributed by atoms with van der Waals surface area (Å²) in [7, 11) is 0. The Bertz CT molecular complexity index is 635. The molecule has 2 heterocycles. The predicted molar refractivity (Wildman–Crippen MR) is 94.4 cm³/mol. The second-order valence-electron chi connectivity index (χ2n) is 5.98. The van der Waals surface area contributed by atoms with Gasteiger partial charge in [0, 0.05) is 10.3 Å². The maximum absolute atomic E-state index is 12.0. The number of carbonyl (C=O) groups is 1. The van der Waals surface area contributed by atoms with Gasteiger partial charge in [0.05, 0.1) is 5.69 Å². The largest absolute Gasteiger partial charge is 0.297 e. The molecule has 0 spiro atoms. The second-order valence-corrected chi connectivity index (χ2v) is 6.96. The molecule has 0 bridgehead atoms. The van der Waals surface area contributed by atoms with Crippen molar-refractivity contribution in [1.82, 2.24) is 10.2 Å². The van der Waals surface area contributed by atoms with Crippen LogP contribution in [0, 0.1) is 0 Å². The van der Waals surface area contributed by atoms with E-state index in [1.807, 2.05) is 29.6 Å². The number of nitrogens with two attached hydrogens (primary N) is 1. The topological polar surface area (TPSA) is 72.1 Å². The number of hydrogen-bond acceptors (Lipinski definition) is 6. The molecule has 2 N–H and O–H groups in total. The van der Waals surface area contributed by atoms with E-state index in [0.717, 1.165) is 23.4 Å². The molecule has 0 aliphatic rings. The van der Waals surface area contributed by atoms with E-state index >= 15 is 0 Å². The van der Waals surface area contributed by atoms with Gasteiger partial charge in [0.2, 0.25) is 0 Å². The van der Waals surface area contributed by atoms with Crippen LogP contribution in [-0.2, 0) is 10.2 Å². The normalized spacial score (nSPS) is 12.9. The van der Waals surface area contributed by atoms with Crippen molar-refractivity contribution in [2.75, 3.05) is 5.01 Å². The zero-order chi connectivity index (χ0) is 17.0. The van der Waals surface area contributed by atoms with Gasteiger partial charge < -0.3 is 0 Å². The van der Waals surface area contributed by atoms with Crippen LogP contribution in [0.5, 0.6) is 0 Å². The summed E-state index contributed by atoms with van der Waals surface area (Å²) in [6.45, 7) is 8.02. The van der Waals surface area contributed by atoms with Crippen LogP contribution in [0.4, 0.5) is 5.82 Å². The summed E-state index contributed by atoms with van der Waals surface area (Å²) in [4.78, 5) is 12.9. The summed E-state index contributed by atoms with van der Waals surface area (Å²) >= 11 is 1.51. The molecule has 0 amide bonds. The summed E-state index contributed by atoms with van der Waals surface area (Å²) in [6, 6.07) is 7.09. The zero-order valence-corrected chi connectivity index (χ0v) is 14.9. The molecule has 2 rings (SSSR count). The molecule has 0 aliphatic heterocycles. The smallest absolute Gasteiger partial charge is 0.166 e. The zero-order valence-electron chi connectivity index (χ0n) is 14.1. The molecule has 0 aliphatic carbocycles. The Hall–Kier alpha value is -1.79. The molecule has 5 nitrogen and oxygen atoms in total. The molecular formula is C17H24N4OS. The first-order valence-electron chi connectivity index (χ1n) is 7.85. The van der Waals surface area contributed by atoms with E-state index < -0.39 is 6.04 Å². The van der Waals surface area contributed by atoms with Gasteiger partial charge in [-0.25, -0.2) is 5.84 Å². The van der Waals surface area contributed by atoms with E-state index in [9.17, 15) is 4.79 Å². The van der Waals surface area contributed by atoms with E-state index in [2.05, 4.69) is 31.0 Å². The summed E-state index contributed by atoms with van der Waals surface area (Å²) < 4.78 is 0. The second kappa shape index (κ2) is 7.19. The highest BCUT2D eigenvalue weighted by Gasteiger charge is 2.27. The van der Waals surface area contributed by atoms with Crippen LogP contribution in [0.15, 0.2) is 29.6 Å². The fourth-order valence-electron chi connectivity index (χ4n) is 2.51. The number of anilines is 1. The van der Waals surface area contributed by atoms with Gasteiger partial charge >= 0.3 is 0 Å². The molecule has 6 heteroatoms. The number of thiophene rings is 1. The SMILES string of the molecule is CCC(C)(CC)c1ccc(N(N)C(C(C)=O)c2cccs2)nn1. The highest BCUT2D eigenvalue weighted by Crippen LogP contribution is 2.31. The maximum atomic E-state index is 12.0. The molecule has 2 aromatic rings. The van der Waals surface area contributed by atoms with E-state index in [0.29, 0.717) is 5.82 Å². The highest BCUT2D eigenvalue weighted by atomic mass is 32.1. The van der Waals surface area contributed by atoms with Crippen LogP contribution in [0.3, 0.4) is 0 Å². The van der Waals surface area contributed by atoms with Gasteiger partial charge in [0.25, 0.3) is 0 Å². The van der Waals surface area contributed by atoms with Gasteiger partial charge in [0.1, 0.15) is 6.04 Å². The van der Waals surface area contributed by atoms with Crippen LogP contribution in [-0.4, -0.2) is 16.0 Å². The van der Waals surface area contributed by atoms with Gasteiger partial charge in [-0.2, -0.15) is 5.10 Å². The van der Waals surface area contributed by atoms with Crippen molar-refractivity contribution in [3.05, 3.63) is 40.2 Å². The van der Waals surface area contributed by atoms with Crippen molar-refractivity contribution in [2.45, 2.75) is 52.0 Å². The van der Waals surface area contributed by atoms with Gasteiger partial charge in [-0.3, -0.25) is 9.80 Å². The summed E-state index contributed by atoms with van der Waals surface area (Å²) in [5, 5.41) is 11.9. The molecule has 1 atom stereocenters. The fraction of sp³-hybridized carbons (Fsp3) is 0.471. The lowest BCUT2D eigenvalue weighted by Crippen LogP contribution is -2.39. The van der Waals surface area contributed by atoms with Crippen LogP contribution in [0.2, 0.25) is 0 Å². The Morgan fingerprint density at radius 1 is 1.30 bits per heavy atom. The Kier molecular flexibility index (Phi) is 5.49. The van der Waals surface area contributed by atoms with Crippen molar-refractivity contribution in [2.24, 2.45) is 5.84 Å². The van der Waals surface area contributed by atoms with E-state index in [1.165, 1.54) is 23.3 Å². The quantitative estimate of drug-likeness (QED) is 0.619. The minimum Gasteiger partial charge on any atom is -0.297 e. The monoisotopic (exact) mass is 332 g/mol. The van der Waals surface area contributed by atoms with Crippen LogP contribution in [0.1, 0.15) is 57.1 Å². The molecule has 23 heavy (non-hydrogen) atoms. The average molecular weight is 332 g/mol. The first kappa shape index (κ1) is 17.6. The molecule has 0 saturated carbocycles. The molecule has 0 aromatic carbocycles. The van der Waals surface area contributed by atoms with E-state index in [4.69, 9.17) is 5.84 Å². The molecular weight excluding hydrogens is 308 g/mol. The summed E-state index contributed by atoms with van der Waals surface area (Å²) in [5.74, 6) is 6.65. The van der Waals surface area contributed by atoms with Gasteiger partial charge in [-0.1, -0.05) is 26.8 Å². The molecule has 0 saturated heterocycles. The molecule has 0 fully saturated rings. The summed E-state index contributed by atoms with van der Waals surface area (Å²) in [6.07, 6.45) is 1.99. The van der Waals surface area contributed by atoms with Crippen LogP contribution >= 0.6 is 11.3 Å². The molecule has 1 unspecified atom stereocenters. The Labute approximate surface area is 141 Å². The molecule has 2 aromatic heterocycles. The number of ketones is 1. The lowest BCUT2D eigenvalue weighted by atomic mass is 9.81. The van der Waals surface area contributed by atoms with E-state index in [1.54, 1.807) is 0 Å². The van der Waals surface area contributed by atoms with E-state index in [-0.39, 0.29) is 11.2 Å². The van der Waals surface area contributed by atoms with Gasteiger partial charge in [-0.15, -0.1) is 16.4 Å². The first-order chi connectivity index (χ1) is 10.9. The number of hydrazine groups is 1. The van der Waals surface area contributed by atoms with Crippen molar-refractivity contribution < 1.29 is 4.79 Å². The lowest BCUT2D eigenvalue weighted by molar-refractivity contribution is -0.118. The number of nitrogens with zero attached hydrogens (tertiary/aromatic N) is 3. The Balaban J connectivity index is 2.29. The lowest BCUT2D eigenvalue weighted by Gasteiger charge is -2.28. The molecule has 124 valence electrons. The molecule has 0 radical (unpaired) electrons. The minimum absolute atomic E-state index is 0.0126.